The van der Waals surface area contributed by atoms with Crippen LogP contribution in [0.15, 0.2) is 66.7 Å². The second-order valence-corrected chi connectivity index (χ2v) is 12.2. The van der Waals surface area contributed by atoms with Gasteiger partial charge >= 0.3 is 0 Å². The number of likely N-dealkylation sites (tertiary alicyclic amines) is 1. The van der Waals surface area contributed by atoms with Crippen LogP contribution in [0.4, 0.5) is 0 Å². The highest BCUT2D eigenvalue weighted by Crippen LogP contribution is 2.36. The number of hydrogen-bond donors (Lipinski definition) is 3. The van der Waals surface area contributed by atoms with Crippen molar-refractivity contribution in [1.82, 2.24) is 25.5 Å². The topological polar surface area (TPSA) is 116 Å². The summed E-state index contributed by atoms with van der Waals surface area (Å²) in [5.41, 5.74) is 2.29. The molecule has 3 atom stereocenters. The third-order valence-corrected chi connectivity index (χ3v) is 9.38. The number of carbonyl (C=O) groups excluding carboxylic acids is 3. The van der Waals surface area contributed by atoms with E-state index in [9.17, 15) is 14.4 Å². The van der Waals surface area contributed by atoms with Gasteiger partial charge in [0.15, 0.2) is 0 Å². The number of ether oxygens (including phenoxy) is 1. The van der Waals surface area contributed by atoms with Crippen molar-refractivity contribution in [1.29, 1.82) is 0 Å². The number of para-hydroxylation sites is 2. The minimum atomic E-state index is -0.679. The molecule has 2 aromatic carbocycles. The summed E-state index contributed by atoms with van der Waals surface area (Å²) < 4.78 is 5.60. The molecule has 0 bridgehead atoms. The Bertz CT molecular complexity index is 1430. The summed E-state index contributed by atoms with van der Waals surface area (Å²) in [4.78, 5) is 50.7. The molecule has 0 unspecified atom stereocenters. The number of hydrogen-bond acceptors (Lipinski definition) is 5. The average molecular weight is 584 g/mol. The first-order valence-electron chi connectivity index (χ1n) is 15.6. The maximum absolute atomic E-state index is 13.8. The number of aromatic nitrogens is 2. The third-order valence-electron chi connectivity index (χ3n) is 9.38. The molecule has 1 aromatic heterocycles. The molecular weight excluding hydrogens is 542 g/mol. The number of nitrogens with one attached hydrogen (secondary N) is 3. The van der Waals surface area contributed by atoms with Crippen LogP contribution in [0.5, 0.6) is 0 Å². The van der Waals surface area contributed by atoms with Gasteiger partial charge < -0.3 is 25.3 Å². The van der Waals surface area contributed by atoms with E-state index in [0.29, 0.717) is 71.2 Å². The van der Waals surface area contributed by atoms with E-state index in [-0.39, 0.29) is 29.7 Å². The third kappa shape index (κ3) is 6.82. The number of carbonyl (C=O) groups is 3. The van der Waals surface area contributed by atoms with Crippen molar-refractivity contribution in [3.63, 3.8) is 0 Å². The number of benzene rings is 2. The maximum Gasteiger partial charge on any atom is 0.243 e. The first kappa shape index (κ1) is 29.1. The standard InChI is InChI=1S/C34H41N5O4/c40-31(14-13-30-35-27-11-4-5-12-28(27)36-30)39-19-15-26-25(23-39)10-6-7-16-34(17-20-43-21-18-34)33(42)38-29(32(41)37-26)22-24-8-2-1-3-9-24/h1-9,11-12,25-26,29H,10,13-23H2,(H,35,36)(H,37,41)(H,38,42)/b7-6+/t25-,26+,29-/m0/s1. The highest BCUT2D eigenvalue weighted by molar-refractivity contribution is 5.90. The lowest BCUT2D eigenvalue weighted by atomic mass is 9.75. The molecular formula is C34H41N5O4. The number of imidazole rings is 1. The molecule has 0 saturated carbocycles. The van der Waals surface area contributed by atoms with Crippen LogP contribution in [0.3, 0.4) is 0 Å². The Labute approximate surface area is 252 Å². The van der Waals surface area contributed by atoms with Crippen LogP contribution in [0.2, 0.25) is 0 Å². The van der Waals surface area contributed by atoms with E-state index in [1.54, 1.807) is 0 Å². The number of nitrogens with zero attached hydrogens (tertiary/aromatic N) is 2. The number of aryl methyl sites for hydroxylation is 1. The first-order valence-corrected chi connectivity index (χ1v) is 15.6. The molecule has 2 saturated heterocycles. The molecule has 6 rings (SSSR count). The van der Waals surface area contributed by atoms with Crippen LogP contribution in [0, 0.1) is 11.3 Å². The molecule has 226 valence electrons. The molecule has 9 nitrogen and oxygen atoms in total. The second-order valence-electron chi connectivity index (χ2n) is 12.2. The summed E-state index contributed by atoms with van der Waals surface area (Å²) >= 11 is 0. The molecule has 1 spiro atoms. The van der Waals surface area contributed by atoms with Crippen molar-refractivity contribution in [2.24, 2.45) is 11.3 Å². The molecule has 3 aliphatic rings. The van der Waals surface area contributed by atoms with Gasteiger partial charge in [-0.2, -0.15) is 0 Å². The molecule has 3 aromatic rings. The summed E-state index contributed by atoms with van der Waals surface area (Å²) in [6.07, 6.45) is 8.90. The highest BCUT2D eigenvalue weighted by atomic mass is 16.5. The van der Waals surface area contributed by atoms with Gasteiger partial charge in [0.1, 0.15) is 11.9 Å². The van der Waals surface area contributed by atoms with Crippen molar-refractivity contribution in [2.75, 3.05) is 26.3 Å². The van der Waals surface area contributed by atoms with E-state index >= 15 is 0 Å². The monoisotopic (exact) mass is 583 g/mol. The number of H-pyrrole nitrogens is 1. The van der Waals surface area contributed by atoms with Gasteiger partial charge in [-0.05, 0) is 49.8 Å². The van der Waals surface area contributed by atoms with Gasteiger partial charge in [-0.1, -0.05) is 54.6 Å². The second kappa shape index (κ2) is 13.1. The average Bonchev–Trinajstić information content (AvgIpc) is 3.46. The molecule has 3 N–H and O–H groups in total. The molecule has 43 heavy (non-hydrogen) atoms. The van der Waals surface area contributed by atoms with Crippen molar-refractivity contribution in [3.8, 4) is 0 Å². The summed E-state index contributed by atoms with van der Waals surface area (Å²) in [7, 11) is 0. The summed E-state index contributed by atoms with van der Waals surface area (Å²) in [6, 6.07) is 16.9. The molecule has 4 heterocycles. The minimum Gasteiger partial charge on any atom is -0.381 e. The van der Waals surface area contributed by atoms with E-state index in [1.807, 2.05) is 59.5 Å². The Morgan fingerprint density at radius 2 is 1.79 bits per heavy atom. The van der Waals surface area contributed by atoms with Gasteiger partial charge in [-0.15, -0.1) is 0 Å². The molecule has 3 aliphatic heterocycles. The Hall–Kier alpha value is -3.98. The number of amides is 3. The highest BCUT2D eigenvalue weighted by Gasteiger charge is 2.41. The smallest absolute Gasteiger partial charge is 0.243 e. The fourth-order valence-electron chi connectivity index (χ4n) is 6.71. The number of piperidine rings is 1. The van der Waals surface area contributed by atoms with Crippen LogP contribution >= 0.6 is 0 Å². The quantitative estimate of drug-likeness (QED) is 0.396. The van der Waals surface area contributed by atoms with Crippen molar-refractivity contribution < 1.29 is 19.1 Å². The Morgan fingerprint density at radius 1 is 1.00 bits per heavy atom. The van der Waals surface area contributed by atoms with Crippen LogP contribution in [-0.2, 0) is 32.0 Å². The predicted octanol–water partition coefficient (Wildman–Crippen LogP) is 3.70. The zero-order valence-electron chi connectivity index (χ0n) is 24.6. The zero-order chi connectivity index (χ0) is 29.6. The Morgan fingerprint density at radius 3 is 2.60 bits per heavy atom. The fourth-order valence-corrected chi connectivity index (χ4v) is 6.71. The first-order chi connectivity index (χ1) is 21.0. The molecule has 3 amide bonds. The Kier molecular flexibility index (Phi) is 8.88. The lowest BCUT2D eigenvalue weighted by Gasteiger charge is -2.40. The summed E-state index contributed by atoms with van der Waals surface area (Å²) in [6.45, 7) is 2.24. The van der Waals surface area contributed by atoms with E-state index in [0.717, 1.165) is 28.8 Å². The lowest BCUT2D eigenvalue weighted by Crippen LogP contribution is -2.58. The van der Waals surface area contributed by atoms with Gasteiger partial charge in [0.05, 0.1) is 16.4 Å². The van der Waals surface area contributed by atoms with E-state index in [4.69, 9.17) is 4.74 Å². The van der Waals surface area contributed by atoms with Gasteiger partial charge in [0.25, 0.3) is 0 Å². The van der Waals surface area contributed by atoms with Gasteiger partial charge in [0.2, 0.25) is 17.7 Å². The lowest BCUT2D eigenvalue weighted by molar-refractivity contribution is -0.140. The largest absolute Gasteiger partial charge is 0.381 e. The molecule has 0 radical (unpaired) electrons. The molecule has 2 fully saturated rings. The van der Waals surface area contributed by atoms with E-state index in [1.165, 1.54) is 0 Å². The van der Waals surface area contributed by atoms with Crippen LogP contribution in [-0.4, -0.2) is 71.0 Å². The molecule has 9 heteroatoms. The van der Waals surface area contributed by atoms with E-state index in [2.05, 4.69) is 32.8 Å². The van der Waals surface area contributed by atoms with Crippen molar-refractivity contribution in [3.05, 3.63) is 78.1 Å². The zero-order valence-corrected chi connectivity index (χ0v) is 24.6. The summed E-state index contributed by atoms with van der Waals surface area (Å²) in [5.74, 6) is 0.777. The maximum atomic E-state index is 13.8. The number of aromatic amines is 1. The number of fused-ring (bicyclic) bond motifs is 2. The molecule has 0 aliphatic carbocycles. The number of allylic oxidation sites excluding steroid dienone is 2. The predicted molar refractivity (Wildman–Crippen MR) is 164 cm³/mol. The van der Waals surface area contributed by atoms with Gasteiger partial charge in [0, 0.05) is 57.5 Å². The van der Waals surface area contributed by atoms with Crippen molar-refractivity contribution in [2.45, 2.75) is 63.5 Å². The van der Waals surface area contributed by atoms with Crippen LogP contribution in [0.25, 0.3) is 11.0 Å². The van der Waals surface area contributed by atoms with Crippen LogP contribution < -0.4 is 10.6 Å². The Balaban J connectivity index is 1.17. The summed E-state index contributed by atoms with van der Waals surface area (Å²) in [5, 5.41) is 6.43. The van der Waals surface area contributed by atoms with Crippen LogP contribution in [0.1, 0.15) is 49.9 Å². The van der Waals surface area contributed by atoms with Crippen molar-refractivity contribution >= 4 is 28.8 Å². The number of rotatable bonds is 5. The van der Waals surface area contributed by atoms with Gasteiger partial charge in [-0.3, -0.25) is 14.4 Å². The SMILES string of the molecule is O=C1N[C@@H]2CCN(C(=O)CCc3nc4ccccc4[nH]3)C[C@@H]2C/C=C/CC2(CCOCC2)C(=O)N[C@H]1Cc1ccccc1. The van der Waals surface area contributed by atoms with Gasteiger partial charge in [-0.25, -0.2) is 4.98 Å². The minimum absolute atomic E-state index is 0.0708. The fraction of sp³-hybridized carbons (Fsp3) is 0.471. The normalized spacial score (nSPS) is 25.2. The van der Waals surface area contributed by atoms with E-state index < -0.39 is 11.5 Å².